The predicted molar refractivity (Wildman–Crippen MR) is 156 cm³/mol. The van der Waals surface area contributed by atoms with Crippen LogP contribution in [0.4, 0.5) is 0 Å². The molecule has 0 radical (unpaired) electrons. The maximum atomic E-state index is 11.6. The molecule has 2 rings (SSSR count). The lowest BCUT2D eigenvalue weighted by molar-refractivity contribution is -0.144. The Hall–Kier alpha value is -4.58. The molecule has 0 aliphatic heterocycles. The third kappa shape index (κ3) is 14.9. The monoisotopic (exact) mass is 671 g/mol. The molecule has 0 heterocycles. The fourth-order valence-electron chi connectivity index (χ4n) is 4.32. The van der Waals surface area contributed by atoms with E-state index < -0.39 is 76.4 Å². The molecule has 19 heteroatoms. The number of rotatable bonds is 22. The highest BCUT2D eigenvalue weighted by molar-refractivity contribution is 7.46. The van der Waals surface area contributed by atoms with Crippen LogP contribution in [0.1, 0.15) is 0 Å². The molecule has 0 amide bonds. The van der Waals surface area contributed by atoms with Crippen LogP contribution in [0.25, 0.3) is 11.1 Å². The molecule has 0 aliphatic carbocycles. The van der Waals surface area contributed by atoms with Gasteiger partial charge in [0.15, 0.2) is 0 Å². The predicted octanol–water partition coefficient (Wildman–Crippen LogP) is -0.0985. The number of aliphatic carboxylic acids is 5. The van der Waals surface area contributed by atoms with Gasteiger partial charge in [0.1, 0.15) is 18.1 Å². The second-order valence-corrected chi connectivity index (χ2v) is 11.1. The molecule has 0 aliphatic rings. The Labute approximate surface area is 261 Å². The van der Waals surface area contributed by atoms with Gasteiger partial charge in [-0.25, -0.2) is 4.57 Å². The van der Waals surface area contributed by atoms with Crippen LogP contribution >= 0.6 is 7.82 Å². The fourth-order valence-corrected chi connectivity index (χ4v) is 4.72. The molecule has 0 spiro atoms. The lowest BCUT2D eigenvalue weighted by Crippen LogP contribution is -2.52. The molecule has 0 fully saturated rings. The minimum Gasteiger partial charge on any atom is -0.492 e. The third-order valence-corrected chi connectivity index (χ3v) is 6.63. The zero-order chi connectivity index (χ0) is 34.4. The van der Waals surface area contributed by atoms with E-state index in [1.807, 2.05) is 0 Å². The minimum atomic E-state index is -4.72. The summed E-state index contributed by atoms with van der Waals surface area (Å²) in [5.74, 6) is -6.35. The quantitative estimate of drug-likeness (QED) is 0.0805. The van der Waals surface area contributed by atoms with Gasteiger partial charge in [-0.3, -0.25) is 48.5 Å². The maximum Gasteiger partial charge on any atom is 0.524 e. The Morgan fingerprint density at radius 2 is 1.00 bits per heavy atom. The Balaban J connectivity index is 2.25. The summed E-state index contributed by atoms with van der Waals surface area (Å²) in [4.78, 5) is 78.4. The Morgan fingerprint density at radius 3 is 1.41 bits per heavy atom. The molecule has 0 unspecified atom stereocenters. The SMILES string of the molecule is O=C(O)CN(CCN(CC(=O)O)C[C@H](COc1ccc(-c2ccc(OP(=O)(O)O)cc2)cc1)N(CC(=O)O)CC(=O)O)CC(=O)O. The van der Waals surface area contributed by atoms with Crippen molar-refractivity contribution in [3.05, 3.63) is 48.5 Å². The van der Waals surface area contributed by atoms with Crippen LogP contribution in [0.5, 0.6) is 11.5 Å². The first-order chi connectivity index (χ1) is 21.5. The van der Waals surface area contributed by atoms with Gasteiger partial charge >= 0.3 is 37.7 Å². The molecule has 46 heavy (non-hydrogen) atoms. The van der Waals surface area contributed by atoms with Crippen molar-refractivity contribution in [2.75, 3.05) is 59.0 Å². The molecule has 2 aromatic carbocycles. The van der Waals surface area contributed by atoms with E-state index in [1.165, 1.54) is 17.0 Å². The number of phosphoric acid groups is 1. The molecule has 18 nitrogen and oxygen atoms in total. The topological polar surface area (TPSA) is 272 Å². The molecule has 7 N–H and O–H groups in total. The van der Waals surface area contributed by atoms with E-state index in [-0.39, 0.29) is 32.0 Å². The molecule has 0 bridgehead atoms. The number of carboxylic acid groups (broad SMARTS) is 5. The highest BCUT2D eigenvalue weighted by atomic mass is 31.2. The summed E-state index contributed by atoms with van der Waals surface area (Å²) in [5.41, 5.74) is 1.35. The second kappa shape index (κ2) is 17.8. The van der Waals surface area contributed by atoms with E-state index in [0.717, 1.165) is 9.80 Å². The summed E-state index contributed by atoms with van der Waals surface area (Å²) in [7, 11) is -4.72. The molecule has 0 saturated carbocycles. The molecule has 2 aromatic rings. The lowest BCUT2D eigenvalue weighted by atomic mass is 10.1. The van der Waals surface area contributed by atoms with Gasteiger partial charge in [0.2, 0.25) is 0 Å². The van der Waals surface area contributed by atoms with Crippen molar-refractivity contribution < 1.29 is 73.1 Å². The van der Waals surface area contributed by atoms with E-state index in [1.54, 1.807) is 36.4 Å². The normalized spacial score (nSPS) is 12.2. The van der Waals surface area contributed by atoms with E-state index in [9.17, 15) is 43.9 Å². The minimum absolute atomic E-state index is 0.0382. The Morgan fingerprint density at radius 1 is 0.609 bits per heavy atom. The molecular formula is C27H34N3O15P. The van der Waals surface area contributed by atoms with Gasteiger partial charge in [-0.05, 0) is 35.4 Å². The molecule has 0 saturated heterocycles. The van der Waals surface area contributed by atoms with Crippen molar-refractivity contribution in [3.63, 3.8) is 0 Å². The first kappa shape index (κ1) is 37.6. The van der Waals surface area contributed by atoms with Crippen LogP contribution in [-0.2, 0) is 28.5 Å². The van der Waals surface area contributed by atoms with Crippen LogP contribution in [0.3, 0.4) is 0 Å². The average Bonchev–Trinajstić information content (AvgIpc) is 2.92. The van der Waals surface area contributed by atoms with Gasteiger partial charge in [0.05, 0.1) is 38.8 Å². The molecular weight excluding hydrogens is 637 g/mol. The van der Waals surface area contributed by atoms with Gasteiger partial charge in [-0.1, -0.05) is 24.3 Å². The number of carboxylic acids is 5. The van der Waals surface area contributed by atoms with Crippen molar-refractivity contribution in [1.82, 2.24) is 14.7 Å². The zero-order valence-corrected chi connectivity index (χ0v) is 25.1. The van der Waals surface area contributed by atoms with Crippen molar-refractivity contribution in [2.24, 2.45) is 0 Å². The van der Waals surface area contributed by atoms with Crippen LogP contribution in [0, 0.1) is 0 Å². The van der Waals surface area contributed by atoms with E-state index >= 15 is 0 Å². The van der Waals surface area contributed by atoms with Crippen molar-refractivity contribution in [3.8, 4) is 22.6 Å². The zero-order valence-electron chi connectivity index (χ0n) is 24.2. The average molecular weight is 672 g/mol. The van der Waals surface area contributed by atoms with Gasteiger partial charge in [-0.2, -0.15) is 0 Å². The number of nitrogens with zero attached hydrogens (tertiary/aromatic N) is 3. The largest absolute Gasteiger partial charge is 0.524 e. The van der Waals surface area contributed by atoms with Gasteiger partial charge in [0.25, 0.3) is 0 Å². The highest BCUT2D eigenvalue weighted by Crippen LogP contribution is 2.38. The molecule has 252 valence electrons. The summed E-state index contributed by atoms with van der Waals surface area (Å²) >= 11 is 0. The number of phosphoric ester groups is 1. The summed E-state index contributed by atoms with van der Waals surface area (Å²) in [6, 6.07) is 11.3. The van der Waals surface area contributed by atoms with Crippen LogP contribution in [0.15, 0.2) is 48.5 Å². The number of hydrogen-bond donors (Lipinski definition) is 7. The summed E-state index contributed by atoms with van der Waals surface area (Å²) in [6.45, 7) is -4.19. The Kier molecular flexibility index (Phi) is 14.5. The number of benzene rings is 2. The first-order valence-electron chi connectivity index (χ1n) is 13.4. The molecule has 1 atom stereocenters. The number of hydrogen-bond acceptors (Lipinski definition) is 11. The van der Waals surface area contributed by atoms with Crippen LogP contribution in [0.2, 0.25) is 0 Å². The summed E-state index contributed by atoms with van der Waals surface area (Å²) in [5, 5.41) is 46.5. The van der Waals surface area contributed by atoms with E-state index in [2.05, 4.69) is 4.52 Å². The van der Waals surface area contributed by atoms with Gasteiger partial charge in [0, 0.05) is 19.6 Å². The first-order valence-corrected chi connectivity index (χ1v) is 14.9. The number of carbonyl (C=O) groups is 5. The van der Waals surface area contributed by atoms with Crippen molar-refractivity contribution in [2.45, 2.75) is 6.04 Å². The summed E-state index contributed by atoms with van der Waals surface area (Å²) < 4.78 is 21.4. The lowest BCUT2D eigenvalue weighted by Gasteiger charge is -2.34. The fraction of sp³-hybridized carbons (Fsp3) is 0.370. The van der Waals surface area contributed by atoms with Gasteiger partial charge in [-0.15, -0.1) is 0 Å². The third-order valence-electron chi connectivity index (χ3n) is 6.18. The van der Waals surface area contributed by atoms with E-state index in [4.69, 9.17) is 24.7 Å². The van der Waals surface area contributed by atoms with Crippen LogP contribution < -0.4 is 9.26 Å². The van der Waals surface area contributed by atoms with Crippen molar-refractivity contribution in [1.29, 1.82) is 0 Å². The second-order valence-electron chi connectivity index (χ2n) is 9.91. The summed E-state index contributed by atoms with van der Waals surface area (Å²) in [6.07, 6.45) is 0. The molecule has 0 aromatic heterocycles. The highest BCUT2D eigenvalue weighted by Gasteiger charge is 2.28. The van der Waals surface area contributed by atoms with E-state index in [0.29, 0.717) is 16.9 Å². The maximum absolute atomic E-state index is 11.6. The smallest absolute Gasteiger partial charge is 0.492 e. The standard InChI is InChI=1S/C27H34N3O15P/c31-23(32)12-28(9-10-29(13-24(33)34)14-25(35)36)11-20(30(15-26(37)38)16-27(39)40)17-44-21-5-1-18(2-6-21)19-3-7-22(8-4-19)45-46(41,42)43/h1-8,20H,9-17H2,(H,31,32)(H,33,34)(H,35,36)(H,37,38)(H,39,40)(H2,41,42,43)/t20-/m1/s1. The van der Waals surface area contributed by atoms with Crippen LogP contribution in [-0.4, -0.2) is 145 Å². The number of ether oxygens (including phenoxy) is 1. The van der Waals surface area contributed by atoms with Gasteiger partial charge < -0.3 is 34.8 Å². The Bertz CT molecular complexity index is 1370. The van der Waals surface area contributed by atoms with Crippen molar-refractivity contribution >= 4 is 37.7 Å².